The van der Waals surface area contributed by atoms with Gasteiger partial charge in [0.25, 0.3) is 0 Å². The Labute approximate surface area is 185 Å². The van der Waals surface area contributed by atoms with E-state index in [9.17, 15) is 5.11 Å². The first-order chi connectivity index (χ1) is 10.8. The number of nitrogens with two attached hydrogens (primary N) is 1. The molecule has 1 rings (SSSR count). The van der Waals surface area contributed by atoms with Crippen LogP contribution in [0.3, 0.4) is 0 Å². The molecule has 4 radical (unpaired) electrons. The number of rotatable bonds is 4. The van der Waals surface area contributed by atoms with E-state index in [1.165, 1.54) is 19.1 Å². The molecule has 4 nitrogen and oxygen atoms in total. The van der Waals surface area contributed by atoms with Crippen LogP contribution in [0.1, 0.15) is 45.1 Å². The average molecular weight is 584 g/mol. The van der Waals surface area contributed by atoms with Crippen molar-refractivity contribution in [1.29, 1.82) is 0 Å². The minimum Gasteiger partial charge on any atom is -0.871 e. The molecular formula is C16H23Br2N3OSSn. The summed E-state index contributed by atoms with van der Waals surface area (Å²) in [5, 5.41) is 18.5. The van der Waals surface area contributed by atoms with Crippen molar-refractivity contribution in [1.82, 2.24) is 0 Å². The number of unbranched alkanes of at least 4 members (excludes halogenated alkanes) is 2. The van der Waals surface area contributed by atoms with Crippen LogP contribution in [0.15, 0.2) is 31.3 Å². The predicted molar refractivity (Wildman–Crippen MR) is 114 cm³/mol. The minimum absolute atomic E-state index is 0. The molecule has 0 atom stereocenters. The van der Waals surface area contributed by atoms with Crippen LogP contribution < -0.4 is 10.8 Å². The van der Waals surface area contributed by atoms with Crippen LogP contribution in [0.25, 0.3) is 0 Å². The quantitative estimate of drug-likeness (QED) is 0.188. The summed E-state index contributed by atoms with van der Waals surface area (Å²) in [7, 11) is 0. The Morgan fingerprint density at radius 3 is 2.08 bits per heavy atom. The van der Waals surface area contributed by atoms with Crippen molar-refractivity contribution in [3.05, 3.63) is 40.5 Å². The van der Waals surface area contributed by atoms with Crippen LogP contribution in [0.2, 0.25) is 0 Å². The maximum atomic E-state index is 11.5. The van der Waals surface area contributed by atoms with E-state index < -0.39 is 0 Å². The van der Waals surface area contributed by atoms with E-state index in [4.69, 9.17) is 5.73 Å². The molecule has 2 N–H and O–H groups in total. The van der Waals surface area contributed by atoms with Crippen LogP contribution in [0, 0.1) is 13.8 Å². The summed E-state index contributed by atoms with van der Waals surface area (Å²) in [6.45, 7) is 11.4. The van der Waals surface area contributed by atoms with Gasteiger partial charge in [-0.25, -0.2) is 0 Å². The van der Waals surface area contributed by atoms with Gasteiger partial charge in [-0.3, -0.25) is 0 Å². The smallest absolute Gasteiger partial charge is 0.871 e. The molecule has 8 heteroatoms. The Kier molecular flexibility index (Phi) is 23.5. The first-order valence-electron chi connectivity index (χ1n) is 7.11. The van der Waals surface area contributed by atoms with Crippen LogP contribution in [0.5, 0.6) is 5.75 Å². The molecule has 0 aliphatic rings. The fourth-order valence-electron chi connectivity index (χ4n) is 0.824. The van der Waals surface area contributed by atoms with Crippen molar-refractivity contribution in [2.45, 2.75) is 39.5 Å². The van der Waals surface area contributed by atoms with Gasteiger partial charge < -0.3 is 23.5 Å². The number of hydrogen-bond donors (Lipinski definition) is 1. The first-order valence-corrected chi connectivity index (χ1v) is 9.11. The molecule has 1 aromatic carbocycles. The van der Waals surface area contributed by atoms with Crippen molar-refractivity contribution in [2.24, 2.45) is 15.9 Å². The Balaban J connectivity index is -0.000000413. The van der Waals surface area contributed by atoms with Crippen LogP contribution in [0.4, 0.5) is 0 Å². The molecule has 0 aromatic heterocycles. The molecule has 0 fully saturated rings. The van der Waals surface area contributed by atoms with E-state index in [0.29, 0.717) is 10.0 Å². The van der Waals surface area contributed by atoms with Crippen LogP contribution in [-0.2, 0) is 12.6 Å². The van der Waals surface area contributed by atoms with Crippen molar-refractivity contribution >= 4 is 79.8 Å². The molecule has 0 heterocycles. The number of hydrogen-bond acceptors (Lipinski definition) is 4. The summed E-state index contributed by atoms with van der Waals surface area (Å²) in [6.07, 6.45) is 5.86. The average Bonchev–Trinajstić information content (AvgIpc) is 2.52. The van der Waals surface area contributed by atoms with Crippen molar-refractivity contribution in [2.75, 3.05) is 0 Å². The van der Waals surface area contributed by atoms with E-state index in [0.717, 1.165) is 17.3 Å². The standard InChI is InChI=1S/C8H7Br2N3OS.2C4H9.Sn/c9-5-1-4(3-12-13-8(11)15)7(14)6(10)2-5;2*1-3-4-2;/h1-3,14H,(H3,11,13,15);2*1,3-4H2,2H3;/q;;;+2/p-2/b12-3+;;;. The zero-order valence-electron chi connectivity index (χ0n) is 14.0. The van der Waals surface area contributed by atoms with E-state index in [-0.39, 0.29) is 34.8 Å². The predicted octanol–water partition coefficient (Wildman–Crippen LogP) is 4.34. The molecule has 0 aliphatic carbocycles. The van der Waals surface area contributed by atoms with Crippen LogP contribution >= 0.6 is 31.9 Å². The Bertz CT molecular complexity index is 488. The zero-order chi connectivity index (χ0) is 18.3. The molecule has 0 bridgehead atoms. The topological polar surface area (TPSA) is 73.8 Å². The van der Waals surface area contributed by atoms with E-state index >= 15 is 0 Å². The summed E-state index contributed by atoms with van der Waals surface area (Å²) >= 11 is 10.9. The normalized spacial score (nSPS) is 10.2. The fraction of sp³-hybridized carbons (Fsp3) is 0.375. The van der Waals surface area contributed by atoms with E-state index in [1.54, 1.807) is 12.1 Å². The third-order valence-corrected chi connectivity index (χ3v) is 3.23. The maximum absolute atomic E-state index is 11.5. The van der Waals surface area contributed by atoms with Crippen molar-refractivity contribution in [3.8, 4) is 5.75 Å². The molecule has 1 aromatic rings. The Morgan fingerprint density at radius 1 is 1.25 bits per heavy atom. The summed E-state index contributed by atoms with van der Waals surface area (Å²) in [5.74, 6) is -0.167. The number of benzene rings is 1. The van der Waals surface area contributed by atoms with Crippen molar-refractivity contribution < 1.29 is 5.11 Å². The van der Waals surface area contributed by atoms with Crippen LogP contribution in [-0.4, -0.2) is 35.3 Å². The van der Waals surface area contributed by atoms with Gasteiger partial charge in [0.2, 0.25) is 0 Å². The molecule has 0 unspecified atom stereocenters. The SMILES string of the molecule is NC([S-])=N/N=C/c1cc(Br)cc(Br)c1[O-].[CH2]CCC.[CH2]CCC.[Sn+2]. The largest absolute Gasteiger partial charge is 2.00 e. The summed E-state index contributed by atoms with van der Waals surface area (Å²) in [5.41, 5.74) is 5.51. The third-order valence-electron chi connectivity index (χ3n) is 2.10. The minimum atomic E-state index is -0.167. The molecule has 0 saturated heterocycles. The fourth-order valence-corrected chi connectivity index (χ4v) is 2.13. The zero-order valence-corrected chi connectivity index (χ0v) is 20.9. The summed E-state index contributed by atoms with van der Waals surface area (Å²) < 4.78 is 1.22. The second kappa shape index (κ2) is 19.5. The van der Waals surface area contributed by atoms with Gasteiger partial charge in [-0.15, -0.1) is 0 Å². The van der Waals surface area contributed by atoms with E-state index in [1.807, 2.05) is 0 Å². The molecule has 0 spiro atoms. The first kappa shape index (κ1) is 28.9. The van der Waals surface area contributed by atoms with Gasteiger partial charge in [-0.2, -0.15) is 10.2 Å². The molecule has 24 heavy (non-hydrogen) atoms. The summed E-state index contributed by atoms with van der Waals surface area (Å²) in [6, 6.07) is 3.29. The van der Waals surface area contributed by atoms with Crippen molar-refractivity contribution in [3.63, 3.8) is 0 Å². The van der Waals surface area contributed by atoms with Gasteiger partial charge in [0.15, 0.2) is 0 Å². The molecular weight excluding hydrogens is 561 g/mol. The maximum Gasteiger partial charge on any atom is 2.00 e. The molecule has 0 aliphatic heterocycles. The molecule has 0 amide bonds. The Hall–Kier alpha value is 0.139. The monoisotopic (exact) mass is 583 g/mol. The molecule has 132 valence electrons. The Morgan fingerprint density at radius 2 is 1.71 bits per heavy atom. The molecule has 0 saturated carbocycles. The van der Waals surface area contributed by atoms with Gasteiger partial charge in [-0.1, -0.05) is 91.0 Å². The van der Waals surface area contributed by atoms with Gasteiger partial charge in [0.05, 0.1) is 6.21 Å². The number of amidine groups is 1. The number of halogens is 2. The second-order valence-electron chi connectivity index (χ2n) is 4.20. The van der Waals surface area contributed by atoms with Gasteiger partial charge in [0, 0.05) is 8.95 Å². The van der Waals surface area contributed by atoms with Gasteiger partial charge in [-0.05, 0) is 22.9 Å². The van der Waals surface area contributed by atoms with E-state index in [2.05, 4.69) is 82.4 Å². The van der Waals surface area contributed by atoms with Gasteiger partial charge in [0.1, 0.15) is 0 Å². The van der Waals surface area contributed by atoms with Gasteiger partial charge >= 0.3 is 23.9 Å². The number of nitrogens with zero attached hydrogens (tertiary/aromatic N) is 2. The second-order valence-corrected chi connectivity index (χ2v) is 6.38. The third kappa shape index (κ3) is 17.0. The summed E-state index contributed by atoms with van der Waals surface area (Å²) in [4.78, 5) is 0.